The zero-order valence-electron chi connectivity index (χ0n) is 13.1. The van der Waals surface area contributed by atoms with E-state index >= 15 is 0 Å². The highest BCUT2D eigenvalue weighted by molar-refractivity contribution is 7.80. The van der Waals surface area contributed by atoms with Crippen molar-refractivity contribution in [2.45, 2.75) is 32.6 Å². The summed E-state index contributed by atoms with van der Waals surface area (Å²) >= 11 is 5.09. The van der Waals surface area contributed by atoms with Gasteiger partial charge in [-0.25, -0.2) is 0 Å². The topological polar surface area (TPSA) is 78.5 Å². The van der Waals surface area contributed by atoms with Crippen LogP contribution in [0.15, 0.2) is 18.2 Å². The molecule has 0 bridgehead atoms. The molecule has 2 rings (SSSR count). The molecular weight excluding hydrogens is 314 g/mol. The Morgan fingerprint density at radius 2 is 1.87 bits per heavy atom. The van der Waals surface area contributed by atoms with Gasteiger partial charge in [-0.1, -0.05) is 19.8 Å². The first-order valence-corrected chi connectivity index (χ1v) is 7.92. The minimum Gasteiger partial charge on any atom is -0.332 e. The highest BCUT2D eigenvalue weighted by Gasteiger charge is 2.32. The molecular formula is C16H19N3O3S. The summed E-state index contributed by atoms with van der Waals surface area (Å²) in [6.07, 6.45) is 3.30. The van der Waals surface area contributed by atoms with Gasteiger partial charge in [-0.05, 0) is 36.8 Å². The largest absolute Gasteiger partial charge is 0.332 e. The smallest absolute Gasteiger partial charge is 0.261 e. The minimum atomic E-state index is -0.344. The molecule has 1 aliphatic rings. The summed E-state index contributed by atoms with van der Waals surface area (Å²) < 4.78 is 0. The molecule has 1 aromatic carbocycles. The van der Waals surface area contributed by atoms with E-state index in [-0.39, 0.29) is 22.8 Å². The quantitative estimate of drug-likeness (QED) is 0.491. The van der Waals surface area contributed by atoms with Crippen molar-refractivity contribution in [2.75, 3.05) is 12.4 Å². The van der Waals surface area contributed by atoms with Gasteiger partial charge >= 0.3 is 0 Å². The van der Waals surface area contributed by atoms with Crippen molar-refractivity contribution in [2.24, 2.45) is 0 Å². The number of thiocarbonyl (C=S) groups is 1. The van der Waals surface area contributed by atoms with E-state index in [1.807, 2.05) is 0 Å². The molecule has 2 N–H and O–H groups in total. The van der Waals surface area contributed by atoms with E-state index in [0.717, 1.165) is 24.2 Å². The Morgan fingerprint density at radius 1 is 1.17 bits per heavy atom. The van der Waals surface area contributed by atoms with Crippen molar-refractivity contribution in [3.63, 3.8) is 0 Å². The molecule has 6 nitrogen and oxygen atoms in total. The van der Waals surface area contributed by atoms with Crippen molar-refractivity contribution in [1.29, 1.82) is 0 Å². The van der Waals surface area contributed by atoms with Crippen molar-refractivity contribution in [3.05, 3.63) is 29.3 Å². The first kappa shape index (κ1) is 17.1. The van der Waals surface area contributed by atoms with Crippen molar-refractivity contribution >= 4 is 40.7 Å². The molecule has 0 aromatic heterocycles. The molecule has 0 saturated heterocycles. The summed E-state index contributed by atoms with van der Waals surface area (Å²) in [5.41, 5.74) is 1.26. The second-order valence-corrected chi connectivity index (χ2v) is 5.80. The highest BCUT2D eigenvalue weighted by atomic mass is 32.1. The fourth-order valence-corrected chi connectivity index (χ4v) is 2.56. The van der Waals surface area contributed by atoms with Crippen molar-refractivity contribution in [3.8, 4) is 0 Å². The zero-order chi connectivity index (χ0) is 17.0. The Balaban J connectivity index is 1.97. The van der Waals surface area contributed by atoms with Crippen molar-refractivity contribution < 1.29 is 14.4 Å². The predicted octanol–water partition coefficient (Wildman–Crippen LogP) is 2.31. The van der Waals surface area contributed by atoms with Crippen LogP contribution >= 0.6 is 12.2 Å². The number of unbranched alkanes of at least 4 members (excludes halogenated alkanes) is 2. The predicted molar refractivity (Wildman–Crippen MR) is 91.4 cm³/mol. The molecule has 122 valence electrons. The van der Waals surface area contributed by atoms with Crippen LogP contribution in [0.25, 0.3) is 0 Å². The number of nitrogens with one attached hydrogen (secondary N) is 2. The van der Waals surface area contributed by atoms with Gasteiger partial charge in [0.2, 0.25) is 5.91 Å². The maximum atomic E-state index is 11.9. The molecule has 7 heteroatoms. The third kappa shape index (κ3) is 3.92. The summed E-state index contributed by atoms with van der Waals surface area (Å²) in [5.74, 6) is -0.797. The third-order valence-corrected chi connectivity index (χ3v) is 3.81. The minimum absolute atomic E-state index is 0.136. The fourth-order valence-electron chi connectivity index (χ4n) is 2.33. The van der Waals surface area contributed by atoms with E-state index < -0.39 is 0 Å². The number of nitrogens with zero attached hydrogens (tertiary/aromatic N) is 1. The number of anilines is 1. The van der Waals surface area contributed by atoms with Crippen LogP contribution in [0.2, 0.25) is 0 Å². The zero-order valence-corrected chi connectivity index (χ0v) is 14.0. The number of fused-ring (bicyclic) bond motifs is 1. The van der Waals surface area contributed by atoms with Gasteiger partial charge in [0.15, 0.2) is 5.11 Å². The van der Waals surface area contributed by atoms with E-state index in [1.54, 1.807) is 18.2 Å². The lowest BCUT2D eigenvalue weighted by molar-refractivity contribution is -0.119. The van der Waals surface area contributed by atoms with Gasteiger partial charge in [-0.2, -0.15) is 0 Å². The average molecular weight is 333 g/mol. The summed E-state index contributed by atoms with van der Waals surface area (Å²) in [6, 6.07) is 4.79. The Bertz CT molecular complexity index is 673. The van der Waals surface area contributed by atoms with Crippen molar-refractivity contribution in [1.82, 2.24) is 10.2 Å². The van der Waals surface area contributed by atoms with Gasteiger partial charge in [-0.3, -0.25) is 19.3 Å². The lowest BCUT2D eigenvalue weighted by Gasteiger charge is -2.10. The third-order valence-electron chi connectivity index (χ3n) is 3.61. The summed E-state index contributed by atoms with van der Waals surface area (Å²) in [5, 5.41) is 5.64. The van der Waals surface area contributed by atoms with E-state index in [9.17, 15) is 14.4 Å². The molecule has 3 amide bonds. The molecule has 0 atom stereocenters. The monoisotopic (exact) mass is 333 g/mol. The first-order chi connectivity index (χ1) is 10.9. The van der Waals surface area contributed by atoms with Gasteiger partial charge < -0.3 is 10.6 Å². The van der Waals surface area contributed by atoms with Crippen LogP contribution in [-0.4, -0.2) is 34.8 Å². The molecule has 1 heterocycles. The Hall–Kier alpha value is -2.28. The second-order valence-electron chi connectivity index (χ2n) is 5.39. The number of benzene rings is 1. The van der Waals surface area contributed by atoms with E-state index in [1.165, 1.54) is 7.05 Å². The second kappa shape index (κ2) is 7.32. The highest BCUT2D eigenvalue weighted by Crippen LogP contribution is 2.24. The normalized spacial score (nSPS) is 13.0. The Kier molecular flexibility index (Phi) is 5.44. The van der Waals surface area contributed by atoms with Crippen LogP contribution in [0.1, 0.15) is 53.3 Å². The van der Waals surface area contributed by atoms with Gasteiger partial charge in [0.25, 0.3) is 11.8 Å². The van der Waals surface area contributed by atoms with Crippen LogP contribution in [0.5, 0.6) is 0 Å². The van der Waals surface area contributed by atoms with Crippen LogP contribution in [0, 0.1) is 0 Å². The molecule has 0 aliphatic carbocycles. The van der Waals surface area contributed by atoms with Gasteiger partial charge in [0, 0.05) is 19.2 Å². The van der Waals surface area contributed by atoms with E-state index in [2.05, 4.69) is 17.6 Å². The lowest BCUT2D eigenvalue weighted by atomic mass is 10.1. The van der Waals surface area contributed by atoms with E-state index in [0.29, 0.717) is 23.2 Å². The Labute approximate surface area is 140 Å². The van der Waals surface area contributed by atoms with Crippen LogP contribution < -0.4 is 10.6 Å². The maximum Gasteiger partial charge on any atom is 0.261 e. The fraction of sp³-hybridized carbons (Fsp3) is 0.375. The van der Waals surface area contributed by atoms with Gasteiger partial charge in [-0.15, -0.1) is 0 Å². The maximum absolute atomic E-state index is 11.9. The molecule has 23 heavy (non-hydrogen) atoms. The summed E-state index contributed by atoms with van der Waals surface area (Å²) in [6.45, 7) is 2.07. The number of amides is 3. The first-order valence-electron chi connectivity index (χ1n) is 7.51. The molecule has 0 fully saturated rings. The standard InChI is InChI=1S/C16H19N3O3S/c1-3-4-5-6-13(20)18-16(23)17-10-7-8-11-12(9-10)15(22)19(2)14(11)21/h7-9H,3-6H2,1-2H3,(H2,17,18,20,23). The van der Waals surface area contributed by atoms with Gasteiger partial charge in [0.05, 0.1) is 11.1 Å². The SMILES string of the molecule is CCCCCC(=O)NC(=S)Nc1ccc2c(c1)C(=O)N(C)C2=O. The number of hydrogen-bond donors (Lipinski definition) is 2. The molecule has 0 unspecified atom stereocenters. The van der Waals surface area contributed by atoms with Gasteiger partial charge in [0.1, 0.15) is 0 Å². The number of carbonyl (C=O) groups excluding carboxylic acids is 3. The van der Waals surface area contributed by atoms with E-state index in [4.69, 9.17) is 12.2 Å². The van der Waals surface area contributed by atoms with Crippen LogP contribution in [0.3, 0.4) is 0 Å². The summed E-state index contributed by atoms with van der Waals surface area (Å²) in [7, 11) is 1.44. The lowest BCUT2D eigenvalue weighted by Crippen LogP contribution is -2.33. The van der Waals surface area contributed by atoms with Crippen LogP contribution in [0.4, 0.5) is 5.69 Å². The number of imide groups is 1. The average Bonchev–Trinajstić information content (AvgIpc) is 2.72. The molecule has 0 spiro atoms. The molecule has 1 aliphatic heterocycles. The number of rotatable bonds is 5. The Morgan fingerprint density at radius 3 is 2.57 bits per heavy atom. The molecule has 0 saturated carbocycles. The molecule has 0 radical (unpaired) electrons. The number of carbonyl (C=O) groups is 3. The number of hydrogen-bond acceptors (Lipinski definition) is 4. The molecule has 1 aromatic rings. The summed E-state index contributed by atoms with van der Waals surface area (Å²) in [4.78, 5) is 36.5. The van der Waals surface area contributed by atoms with Crippen LogP contribution in [-0.2, 0) is 4.79 Å².